The van der Waals surface area contributed by atoms with Gasteiger partial charge in [0, 0.05) is 0 Å². The predicted octanol–water partition coefficient (Wildman–Crippen LogP) is -1.70. The van der Waals surface area contributed by atoms with E-state index in [0.717, 1.165) is 18.2 Å². The van der Waals surface area contributed by atoms with Crippen molar-refractivity contribution < 1.29 is 62.7 Å². The average Bonchev–Trinajstić information content (AvgIpc) is 2.68. The summed E-state index contributed by atoms with van der Waals surface area (Å²) in [4.78, 5) is 20.2. The molecule has 13 nitrogen and oxygen atoms in total. The van der Waals surface area contributed by atoms with Gasteiger partial charge < -0.3 is 40.1 Å². The van der Waals surface area contributed by atoms with E-state index in [9.17, 15) is 18.0 Å². The lowest BCUT2D eigenvalue weighted by Gasteiger charge is -2.05. The van der Waals surface area contributed by atoms with Gasteiger partial charge in [0.1, 0.15) is 4.90 Å². The second kappa shape index (κ2) is 17.7. The molecule has 1 aromatic rings. The van der Waals surface area contributed by atoms with Crippen molar-refractivity contribution in [3.05, 3.63) is 29.3 Å². The van der Waals surface area contributed by atoms with E-state index in [1.807, 2.05) is 0 Å². The van der Waals surface area contributed by atoms with E-state index in [4.69, 9.17) is 35.2 Å². The topological polar surface area (TPSA) is 228 Å². The zero-order valence-electron chi connectivity index (χ0n) is 15.9. The summed E-state index contributed by atoms with van der Waals surface area (Å²) in [6.45, 7) is 1.39. The van der Waals surface area contributed by atoms with Crippen LogP contribution >= 0.6 is 0 Å². The van der Waals surface area contributed by atoms with Crippen LogP contribution in [0, 0.1) is 0 Å². The van der Waals surface area contributed by atoms with Crippen molar-refractivity contribution in [2.45, 2.75) is 4.90 Å². The number of hydrogen-bond acceptors (Lipinski definition) is 10. The molecule has 0 spiro atoms. The lowest BCUT2D eigenvalue weighted by molar-refractivity contribution is 0.0649. The molecule has 0 amide bonds. The third-order valence-corrected chi connectivity index (χ3v) is 3.63. The summed E-state index contributed by atoms with van der Waals surface area (Å²) in [6.07, 6.45) is 0. The molecule has 30 heavy (non-hydrogen) atoms. The van der Waals surface area contributed by atoms with E-state index in [2.05, 4.69) is 9.47 Å². The zero-order chi connectivity index (χ0) is 23.6. The Hall–Kier alpha value is -2.17. The Morgan fingerprint density at radius 2 is 1.03 bits per heavy atom. The molecule has 0 unspecified atom stereocenters. The number of rotatable bonds is 11. The van der Waals surface area contributed by atoms with Crippen LogP contribution in [0.3, 0.4) is 0 Å². The number of benzene rings is 1. The molecule has 0 aliphatic carbocycles. The average molecular weight is 458 g/mol. The lowest BCUT2D eigenvalue weighted by atomic mass is 10.1. The first-order valence-corrected chi connectivity index (χ1v) is 9.68. The summed E-state index contributed by atoms with van der Waals surface area (Å²) in [7, 11) is -4.92. The van der Waals surface area contributed by atoms with Gasteiger partial charge in [-0.05, 0) is 12.1 Å². The molecular weight excluding hydrogens is 432 g/mol. The normalized spacial score (nSPS) is 10.3. The van der Waals surface area contributed by atoms with Gasteiger partial charge in [-0.3, -0.25) is 4.55 Å². The van der Waals surface area contributed by atoms with Crippen molar-refractivity contribution in [1.82, 2.24) is 0 Å². The molecule has 14 heteroatoms. The minimum absolute atomic E-state index is 0.0278. The van der Waals surface area contributed by atoms with E-state index in [1.165, 1.54) is 0 Å². The van der Waals surface area contributed by atoms with Crippen molar-refractivity contribution in [3.8, 4) is 0 Å². The maximum absolute atomic E-state index is 10.9. The molecule has 0 aliphatic rings. The standard InChI is InChI=1S/C8H6O7S.2C4H10O3/c9-7(10)4-2-1-3-5(8(11)12)6(4)16(13,14)15;2*5-1-3-7-4-2-6/h1-3H,(H,9,10)(H,11,12)(H,13,14,15);2*5-6H,1-4H2. The molecule has 0 aliphatic heterocycles. The van der Waals surface area contributed by atoms with Crippen LogP contribution in [-0.2, 0) is 19.6 Å². The number of aliphatic hydroxyl groups is 4. The molecule has 0 radical (unpaired) electrons. The summed E-state index contributed by atoms with van der Waals surface area (Å²) < 4.78 is 39.9. The van der Waals surface area contributed by atoms with Crippen LogP contribution in [0.2, 0.25) is 0 Å². The second-order valence-electron chi connectivity index (χ2n) is 4.89. The van der Waals surface area contributed by atoms with Gasteiger partial charge in [0.05, 0.1) is 64.0 Å². The molecule has 0 heterocycles. The molecule has 1 aromatic carbocycles. The number of aliphatic hydroxyl groups excluding tert-OH is 4. The number of aromatic carboxylic acids is 2. The van der Waals surface area contributed by atoms with Gasteiger partial charge in [0.25, 0.3) is 10.1 Å². The Labute approximate surface area is 172 Å². The summed E-state index contributed by atoms with van der Waals surface area (Å²) >= 11 is 0. The molecule has 0 aromatic heterocycles. The smallest absolute Gasteiger partial charge is 0.337 e. The number of carboxylic acid groups (broad SMARTS) is 2. The van der Waals surface area contributed by atoms with Crippen LogP contribution in [0.25, 0.3) is 0 Å². The quantitative estimate of drug-likeness (QED) is 0.145. The van der Waals surface area contributed by atoms with Crippen LogP contribution in [0.15, 0.2) is 23.1 Å². The van der Waals surface area contributed by atoms with Gasteiger partial charge in [0.15, 0.2) is 0 Å². The van der Waals surface area contributed by atoms with Crippen LogP contribution in [0.1, 0.15) is 20.7 Å². The molecule has 0 saturated carbocycles. The first-order chi connectivity index (χ1) is 14.1. The summed E-state index contributed by atoms with van der Waals surface area (Å²) in [5, 5.41) is 49.7. The fourth-order valence-electron chi connectivity index (χ4n) is 1.61. The largest absolute Gasteiger partial charge is 0.478 e. The third kappa shape index (κ3) is 13.9. The van der Waals surface area contributed by atoms with Crippen molar-refractivity contribution in [3.63, 3.8) is 0 Å². The highest BCUT2D eigenvalue weighted by atomic mass is 32.2. The first-order valence-electron chi connectivity index (χ1n) is 8.24. The Balaban J connectivity index is 0. The highest BCUT2D eigenvalue weighted by Gasteiger charge is 2.26. The van der Waals surface area contributed by atoms with Crippen molar-refractivity contribution >= 4 is 22.1 Å². The van der Waals surface area contributed by atoms with E-state index >= 15 is 0 Å². The highest BCUT2D eigenvalue weighted by Crippen LogP contribution is 2.20. The van der Waals surface area contributed by atoms with Crippen LogP contribution in [0.5, 0.6) is 0 Å². The minimum atomic E-state index is -4.92. The molecule has 0 fully saturated rings. The summed E-state index contributed by atoms with van der Waals surface area (Å²) in [6, 6.07) is 2.84. The van der Waals surface area contributed by atoms with Gasteiger partial charge in [0.2, 0.25) is 0 Å². The molecule has 1 rings (SSSR count). The van der Waals surface area contributed by atoms with Crippen molar-refractivity contribution in [2.75, 3.05) is 52.9 Å². The fraction of sp³-hybridized carbons (Fsp3) is 0.500. The van der Waals surface area contributed by atoms with E-state index in [0.29, 0.717) is 26.4 Å². The van der Waals surface area contributed by atoms with Gasteiger partial charge in [-0.1, -0.05) is 6.07 Å². The predicted molar refractivity (Wildman–Crippen MR) is 100 cm³/mol. The number of hydrogen-bond donors (Lipinski definition) is 7. The highest BCUT2D eigenvalue weighted by molar-refractivity contribution is 7.86. The Kier molecular flexibility index (Phi) is 17.7. The van der Waals surface area contributed by atoms with Crippen LogP contribution in [-0.4, -0.2) is 108 Å². The number of carbonyl (C=O) groups is 2. The van der Waals surface area contributed by atoms with Crippen molar-refractivity contribution in [1.29, 1.82) is 0 Å². The van der Waals surface area contributed by atoms with Gasteiger partial charge in [-0.25, -0.2) is 9.59 Å². The van der Waals surface area contributed by atoms with Gasteiger partial charge in [-0.2, -0.15) is 8.42 Å². The van der Waals surface area contributed by atoms with Gasteiger partial charge >= 0.3 is 11.9 Å². The Morgan fingerprint density at radius 3 is 1.23 bits per heavy atom. The van der Waals surface area contributed by atoms with Crippen molar-refractivity contribution in [2.24, 2.45) is 0 Å². The summed E-state index contributed by atoms with van der Waals surface area (Å²) in [5.74, 6) is -3.29. The molecule has 0 atom stereocenters. The number of ether oxygens (including phenoxy) is 2. The maximum atomic E-state index is 10.9. The number of carboxylic acids is 2. The molecule has 7 N–H and O–H groups in total. The van der Waals surface area contributed by atoms with E-state index in [1.54, 1.807) is 0 Å². The van der Waals surface area contributed by atoms with E-state index in [-0.39, 0.29) is 26.4 Å². The third-order valence-electron chi connectivity index (χ3n) is 2.68. The van der Waals surface area contributed by atoms with Crippen LogP contribution < -0.4 is 0 Å². The minimum Gasteiger partial charge on any atom is -0.478 e. The Morgan fingerprint density at radius 1 is 0.733 bits per heavy atom. The molecule has 0 saturated heterocycles. The van der Waals surface area contributed by atoms with Crippen LogP contribution in [0.4, 0.5) is 0 Å². The summed E-state index contributed by atoms with van der Waals surface area (Å²) in [5.41, 5.74) is -1.58. The zero-order valence-corrected chi connectivity index (χ0v) is 16.7. The molecule has 0 bridgehead atoms. The maximum Gasteiger partial charge on any atom is 0.337 e. The first kappa shape index (κ1) is 30.0. The monoisotopic (exact) mass is 458 g/mol. The SMILES string of the molecule is O=C(O)c1cccc(C(=O)O)c1S(=O)(=O)O.OCCOCCO.OCCOCCO. The molecular formula is C16H26O13S. The fourth-order valence-corrected chi connectivity index (χ4v) is 2.48. The second-order valence-corrected chi connectivity index (χ2v) is 6.25. The molecule has 174 valence electrons. The van der Waals surface area contributed by atoms with Gasteiger partial charge in [-0.15, -0.1) is 0 Å². The van der Waals surface area contributed by atoms with E-state index < -0.39 is 38.1 Å². The lowest BCUT2D eigenvalue weighted by Crippen LogP contribution is -2.14. The Bertz CT molecular complexity index is 668.